The van der Waals surface area contributed by atoms with E-state index >= 15 is 0 Å². The molecule has 0 amide bonds. The Morgan fingerprint density at radius 2 is 2.00 bits per heavy atom. The predicted molar refractivity (Wildman–Crippen MR) is 83.5 cm³/mol. The van der Waals surface area contributed by atoms with Crippen molar-refractivity contribution in [2.24, 2.45) is 0 Å². The maximum absolute atomic E-state index is 10.1. The maximum atomic E-state index is 10.1. The molecule has 1 N–H and O–H groups in total. The van der Waals surface area contributed by atoms with Crippen LogP contribution in [0.15, 0.2) is 24.3 Å². The molecule has 2 heterocycles. The molecule has 2 atom stereocenters. The van der Waals surface area contributed by atoms with Gasteiger partial charge in [0.2, 0.25) is 0 Å². The number of phenols is 1. The van der Waals surface area contributed by atoms with Crippen LogP contribution in [-0.4, -0.2) is 60.3 Å². The molecule has 2 aliphatic rings. The number of rotatable bonds is 4. The van der Waals surface area contributed by atoms with Crippen LogP contribution >= 0.6 is 0 Å². The first-order valence-corrected chi connectivity index (χ1v) is 8.13. The first-order valence-electron chi connectivity index (χ1n) is 8.13. The zero-order valence-electron chi connectivity index (χ0n) is 12.9. The van der Waals surface area contributed by atoms with Gasteiger partial charge in [0.1, 0.15) is 5.75 Å². The Kier molecular flexibility index (Phi) is 4.78. The van der Waals surface area contributed by atoms with Gasteiger partial charge in [-0.1, -0.05) is 25.1 Å². The summed E-state index contributed by atoms with van der Waals surface area (Å²) in [7, 11) is 0. The Balaban J connectivity index is 1.67. The summed E-state index contributed by atoms with van der Waals surface area (Å²) in [5.74, 6) is 0.430. The molecule has 0 saturated carbocycles. The van der Waals surface area contributed by atoms with E-state index in [2.05, 4.69) is 22.8 Å². The molecule has 1 aromatic rings. The number of benzene rings is 1. The number of morpholine rings is 1. The second-order valence-corrected chi connectivity index (χ2v) is 6.07. The van der Waals surface area contributed by atoms with Crippen LogP contribution in [0.5, 0.6) is 5.75 Å². The fraction of sp³-hybridized carbons (Fsp3) is 0.647. The minimum Gasteiger partial charge on any atom is -0.508 e. The van der Waals surface area contributed by atoms with Gasteiger partial charge in [-0.25, -0.2) is 0 Å². The number of para-hydroxylation sites is 1. The van der Waals surface area contributed by atoms with Crippen molar-refractivity contribution in [3.8, 4) is 5.75 Å². The van der Waals surface area contributed by atoms with Gasteiger partial charge in [-0.15, -0.1) is 0 Å². The van der Waals surface area contributed by atoms with Crippen molar-refractivity contribution in [3.63, 3.8) is 0 Å². The van der Waals surface area contributed by atoms with Gasteiger partial charge in [0, 0.05) is 43.8 Å². The molecule has 0 radical (unpaired) electrons. The second-order valence-electron chi connectivity index (χ2n) is 6.07. The lowest BCUT2D eigenvalue weighted by Gasteiger charge is -2.33. The van der Waals surface area contributed by atoms with Gasteiger partial charge in [0.05, 0.1) is 13.2 Å². The summed E-state index contributed by atoms with van der Waals surface area (Å²) in [5.41, 5.74) is 1.07. The monoisotopic (exact) mass is 290 g/mol. The molecule has 2 unspecified atom stereocenters. The molecule has 2 saturated heterocycles. The molecule has 3 rings (SSSR count). The lowest BCUT2D eigenvalue weighted by atomic mass is 10.0. The largest absolute Gasteiger partial charge is 0.508 e. The minimum absolute atomic E-state index is 0.331. The first-order chi connectivity index (χ1) is 10.3. The molecule has 1 aromatic carbocycles. The summed E-state index contributed by atoms with van der Waals surface area (Å²) in [5, 5.41) is 10.1. The Hall–Kier alpha value is -1.10. The molecule has 0 aliphatic carbocycles. The van der Waals surface area contributed by atoms with Crippen molar-refractivity contribution in [3.05, 3.63) is 29.8 Å². The maximum Gasteiger partial charge on any atom is 0.120 e. The molecule has 116 valence electrons. The standard InChI is InChI=1S/C17H26N2O2/c1-2-16(15-5-3-4-6-17(15)20)19-8-7-14(13-19)18-9-11-21-12-10-18/h3-6,14,16,20H,2,7-13H2,1H3. The zero-order chi connectivity index (χ0) is 14.7. The Labute approximate surface area is 127 Å². The molecule has 21 heavy (non-hydrogen) atoms. The van der Waals surface area contributed by atoms with Crippen molar-refractivity contribution >= 4 is 0 Å². The number of phenolic OH excluding ortho intramolecular Hbond substituents is 1. The van der Waals surface area contributed by atoms with E-state index in [9.17, 15) is 5.11 Å². The van der Waals surface area contributed by atoms with E-state index in [1.807, 2.05) is 12.1 Å². The normalized spacial score (nSPS) is 26.0. The van der Waals surface area contributed by atoms with E-state index in [4.69, 9.17) is 4.74 Å². The molecule has 2 aliphatic heterocycles. The SMILES string of the molecule is CCC(c1ccccc1O)N1CCC(N2CCOCC2)C1. The lowest BCUT2D eigenvalue weighted by molar-refractivity contribution is 0.0175. The van der Waals surface area contributed by atoms with Crippen molar-refractivity contribution in [2.75, 3.05) is 39.4 Å². The third-order valence-electron chi connectivity index (χ3n) is 4.88. The average Bonchev–Trinajstić information content (AvgIpc) is 3.00. The van der Waals surface area contributed by atoms with Crippen LogP contribution in [0.4, 0.5) is 0 Å². The third-order valence-corrected chi connectivity index (χ3v) is 4.88. The highest BCUT2D eigenvalue weighted by molar-refractivity contribution is 5.34. The van der Waals surface area contributed by atoms with Crippen LogP contribution < -0.4 is 0 Å². The highest BCUT2D eigenvalue weighted by Gasteiger charge is 2.32. The fourth-order valence-electron chi connectivity index (χ4n) is 3.74. The summed E-state index contributed by atoms with van der Waals surface area (Å²) in [4.78, 5) is 5.11. The van der Waals surface area contributed by atoms with E-state index < -0.39 is 0 Å². The number of nitrogens with zero attached hydrogens (tertiary/aromatic N) is 2. The number of hydrogen-bond donors (Lipinski definition) is 1. The van der Waals surface area contributed by atoms with Crippen LogP contribution in [-0.2, 0) is 4.74 Å². The highest BCUT2D eigenvalue weighted by Crippen LogP contribution is 2.34. The van der Waals surface area contributed by atoms with Gasteiger partial charge in [-0.2, -0.15) is 0 Å². The summed E-state index contributed by atoms with van der Waals surface area (Å²) >= 11 is 0. The summed E-state index contributed by atoms with van der Waals surface area (Å²) < 4.78 is 5.45. The molecule has 0 bridgehead atoms. The van der Waals surface area contributed by atoms with Crippen molar-refractivity contribution in [2.45, 2.75) is 31.8 Å². The van der Waals surface area contributed by atoms with Gasteiger partial charge in [-0.3, -0.25) is 9.80 Å². The van der Waals surface area contributed by atoms with Crippen molar-refractivity contribution in [1.29, 1.82) is 0 Å². The van der Waals surface area contributed by atoms with Gasteiger partial charge >= 0.3 is 0 Å². The molecule has 0 aromatic heterocycles. The quantitative estimate of drug-likeness (QED) is 0.922. The van der Waals surface area contributed by atoms with Crippen LogP contribution in [0, 0.1) is 0 Å². The Morgan fingerprint density at radius 3 is 2.71 bits per heavy atom. The Bertz CT molecular complexity index is 460. The van der Waals surface area contributed by atoms with E-state index in [1.165, 1.54) is 6.42 Å². The van der Waals surface area contributed by atoms with Crippen molar-refractivity contribution in [1.82, 2.24) is 9.80 Å². The summed E-state index contributed by atoms with van der Waals surface area (Å²) in [6.07, 6.45) is 2.26. The van der Waals surface area contributed by atoms with Crippen molar-refractivity contribution < 1.29 is 9.84 Å². The van der Waals surface area contributed by atoms with Crippen LogP contribution in [0.2, 0.25) is 0 Å². The average molecular weight is 290 g/mol. The van der Waals surface area contributed by atoms with E-state index in [0.717, 1.165) is 51.4 Å². The topological polar surface area (TPSA) is 35.9 Å². The highest BCUT2D eigenvalue weighted by atomic mass is 16.5. The van der Waals surface area contributed by atoms with Gasteiger partial charge in [0.25, 0.3) is 0 Å². The van der Waals surface area contributed by atoms with Crippen LogP contribution in [0.3, 0.4) is 0 Å². The molecular formula is C17H26N2O2. The predicted octanol–water partition coefficient (Wildman–Crippen LogP) is 2.25. The van der Waals surface area contributed by atoms with Crippen LogP contribution in [0.1, 0.15) is 31.4 Å². The number of likely N-dealkylation sites (tertiary alicyclic amines) is 1. The fourth-order valence-corrected chi connectivity index (χ4v) is 3.74. The summed E-state index contributed by atoms with van der Waals surface area (Å²) in [6, 6.07) is 8.75. The molecule has 4 heteroatoms. The molecule has 2 fully saturated rings. The first kappa shape index (κ1) is 14.8. The minimum atomic E-state index is 0.331. The van der Waals surface area contributed by atoms with E-state index in [-0.39, 0.29) is 0 Å². The zero-order valence-corrected chi connectivity index (χ0v) is 12.9. The third kappa shape index (κ3) is 3.23. The van der Waals surface area contributed by atoms with E-state index in [1.54, 1.807) is 6.07 Å². The molecule has 4 nitrogen and oxygen atoms in total. The second kappa shape index (κ2) is 6.77. The lowest BCUT2D eigenvalue weighted by Crippen LogP contribution is -2.44. The number of ether oxygens (including phenoxy) is 1. The summed E-state index contributed by atoms with van der Waals surface area (Å²) in [6.45, 7) is 8.29. The Morgan fingerprint density at radius 1 is 1.24 bits per heavy atom. The molecule has 0 spiro atoms. The van der Waals surface area contributed by atoms with Crippen LogP contribution in [0.25, 0.3) is 0 Å². The molecular weight excluding hydrogens is 264 g/mol. The number of hydrogen-bond acceptors (Lipinski definition) is 4. The smallest absolute Gasteiger partial charge is 0.120 e. The van der Waals surface area contributed by atoms with Gasteiger partial charge in [-0.05, 0) is 18.9 Å². The van der Waals surface area contributed by atoms with Gasteiger partial charge in [0.15, 0.2) is 0 Å². The number of aromatic hydroxyl groups is 1. The van der Waals surface area contributed by atoms with E-state index in [0.29, 0.717) is 17.8 Å². The van der Waals surface area contributed by atoms with Gasteiger partial charge < -0.3 is 9.84 Å².